The molecule has 0 saturated carbocycles. The number of oxime groups is 1. The second-order valence-electron chi connectivity index (χ2n) is 8.20. The molecule has 2 aromatic carbocycles. The van der Waals surface area contributed by atoms with Crippen LogP contribution in [0.25, 0.3) is 11.3 Å². The van der Waals surface area contributed by atoms with Gasteiger partial charge in [-0.15, -0.1) is 0 Å². The molecule has 0 fully saturated rings. The Kier molecular flexibility index (Phi) is 6.66. The van der Waals surface area contributed by atoms with E-state index < -0.39 is 46.4 Å². The van der Waals surface area contributed by atoms with Crippen molar-refractivity contribution in [3.05, 3.63) is 76.0 Å². The number of nitrogens with zero attached hydrogens (tertiary/aromatic N) is 2. The van der Waals surface area contributed by atoms with Crippen molar-refractivity contribution in [1.82, 2.24) is 4.98 Å². The minimum Gasteiger partial charge on any atom is -0.506 e. The predicted molar refractivity (Wildman–Crippen MR) is 119 cm³/mol. The van der Waals surface area contributed by atoms with E-state index in [1.165, 1.54) is 19.1 Å². The van der Waals surface area contributed by atoms with Crippen LogP contribution in [0.4, 0.5) is 22.0 Å². The highest BCUT2D eigenvalue weighted by atomic mass is 19.4. The summed E-state index contributed by atoms with van der Waals surface area (Å²) in [5.74, 6) is -3.31. The van der Waals surface area contributed by atoms with Crippen molar-refractivity contribution in [2.24, 2.45) is 5.16 Å². The Hall–Kier alpha value is -4.02. The van der Waals surface area contributed by atoms with Crippen LogP contribution in [0.2, 0.25) is 0 Å². The van der Waals surface area contributed by atoms with Crippen molar-refractivity contribution in [3.63, 3.8) is 0 Å². The zero-order valence-electron chi connectivity index (χ0n) is 19.0. The summed E-state index contributed by atoms with van der Waals surface area (Å²) in [6.45, 7) is 3.07. The molecule has 0 bridgehead atoms. The largest absolute Gasteiger partial charge is 0.506 e. The highest BCUT2D eigenvalue weighted by molar-refractivity contribution is 6.02. The van der Waals surface area contributed by atoms with Gasteiger partial charge in [0.15, 0.2) is 11.6 Å². The van der Waals surface area contributed by atoms with Crippen molar-refractivity contribution in [1.29, 1.82) is 0 Å². The average Bonchev–Trinajstić information content (AvgIpc) is 3.23. The van der Waals surface area contributed by atoms with Gasteiger partial charge in [0.25, 0.3) is 0 Å². The molecule has 1 aliphatic heterocycles. The standard InChI is InChI=1S/C25H19F5N2O4/c1-12-8-20(35-11-15-10-21(34)36-32-15)23(27)13(2)17(12)9-14-6-7-19(33)24(31-14)16-4-3-5-18(26)22(16)25(28,29)30/h3-8,33H,9-11H2,1-2H3. The van der Waals surface area contributed by atoms with Crippen molar-refractivity contribution in [2.45, 2.75) is 32.9 Å². The first-order valence-electron chi connectivity index (χ1n) is 10.7. The zero-order valence-corrected chi connectivity index (χ0v) is 19.0. The Morgan fingerprint density at radius 3 is 2.56 bits per heavy atom. The minimum absolute atomic E-state index is 0.0217. The summed E-state index contributed by atoms with van der Waals surface area (Å²) in [6.07, 6.45) is -5.04. The van der Waals surface area contributed by atoms with E-state index in [1.54, 1.807) is 6.92 Å². The van der Waals surface area contributed by atoms with E-state index in [1.807, 2.05) is 0 Å². The van der Waals surface area contributed by atoms with Crippen molar-refractivity contribution in [2.75, 3.05) is 6.61 Å². The van der Waals surface area contributed by atoms with Gasteiger partial charge in [0.2, 0.25) is 0 Å². The lowest BCUT2D eigenvalue weighted by atomic mass is 9.96. The summed E-state index contributed by atoms with van der Waals surface area (Å²) in [4.78, 5) is 19.7. The van der Waals surface area contributed by atoms with Gasteiger partial charge in [0.05, 0.1) is 6.42 Å². The van der Waals surface area contributed by atoms with Crippen LogP contribution in [0.15, 0.2) is 41.6 Å². The second-order valence-corrected chi connectivity index (χ2v) is 8.20. The summed E-state index contributed by atoms with van der Waals surface area (Å²) in [5, 5.41) is 13.8. The molecule has 4 rings (SSSR count). The Morgan fingerprint density at radius 2 is 1.89 bits per heavy atom. The molecule has 1 aliphatic rings. The third-order valence-electron chi connectivity index (χ3n) is 5.68. The van der Waals surface area contributed by atoms with Crippen LogP contribution < -0.4 is 4.74 Å². The van der Waals surface area contributed by atoms with Gasteiger partial charge in [-0.1, -0.05) is 17.3 Å². The fourth-order valence-electron chi connectivity index (χ4n) is 3.90. The van der Waals surface area contributed by atoms with E-state index in [9.17, 15) is 27.5 Å². The van der Waals surface area contributed by atoms with Gasteiger partial charge >= 0.3 is 12.1 Å². The maximum absolute atomic E-state index is 15.0. The van der Waals surface area contributed by atoms with E-state index in [-0.39, 0.29) is 36.5 Å². The molecule has 0 aliphatic carbocycles. The van der Waals surface area contributed by atoms with E-state index in [0.29, 0.717) is 22.9 Å². The summed E-state index contributed by atoms with van der Waals surface area (Å²) in [6, 6.07) is 6.79. The number of aryl methyl sites for hydroxylation is 1. The van der Waals surface area contributed by atoms with Crippen LogP contribution in [0, 0.1) is 25.5 Å². The SMILES string of the molecule is Cc1cc(OCC2=NOC(=O)C2)c(F)c(C)c1Cc1ccc(O)c(-c2cccc(F)c2C(F)(F)F)n1. The van der Waals surface area contributed by atoms with Crippen molar-refractivity contribution in [3.8, 4) is 22.8 Å². The predicted octanol–water partition coefficient (Wildman–Crippen LogP) is 5.64. The van der Waals surface area contributed by atoms with Crippen LogP contribution in [0.3, 0.4) is 0 Å². The summed E-state index contributed by atoms with van der Waals surface area (Å²) in [5.41, 5.74) is -0.691. The number of halogens is 5. The highest BCUT2D eigenvalue weighted by Gasteiger charge is 2.38. The number of hydrogen-bond donors (Lipinski definition) is 1. The Bertz CT molecular complexity index is 1390. The molecule has 0 atom stereocenters. The molecule has 3 aromatic rings. The molecule has 11 heteroatoms. The Balaban J connectivity index is 1.65. The van der Waals surface area contributed by atoms with Gasteiger partial charge in [-0.25, -0.2) is 18.6 Å². The van der Waals surface area contributed by atoms with Crippen molar-refractivity contribution < 1.29 is 41.4 Å². The molecule has 188 valence electrons. The van der Waals surface area contributed by atoms with Gasteiger partial charge in [-0.2, -0.15) is 13.2 Å². The molecular weight excluding hydrogens is 487 g/mol. The van der Waals surface area contributed by atoms with Gasteiger partial charge in [-0.05, 0) is 54.8 Å². The molecule has 1 N–H and O–H groups in total. The molecular formula is C25H19F5N2O4. The lowest BCUT2D eigenvalue weighted by Crippen LogP contribution is -2.12. The third kappa shape index (κ3) is 5.00. The maximum atomic E-state index is 15.0. The summed E-state index contributed by atoms with van der Waals surface area (Å²) < 4.78 is 75.1. The number of benzene rings is 2. The topological polar surface area (TPSA) is 81.0 Å². The number of alkyl halides is 3. The van der Waals surface area contributed by atoms with Crippen LogP contribution in [0.5, 0.6) is 11.5 Å². The number of carbonyl (C=O) groups is 1. The van der Waals surface area contributed by atoms with Gasteiger partial charge in [0, 0.05) is 17.7 Å². The fraction of sp³-hybridized carbons (Fsp3) is 0.240. The van der Waals surface area contributed by atoms with Crippen LogP contribution in [-0.2, 0) is 22.2 Å². The number of carbonyl (C=O) groups excluding carboxylic acids is 1. The summed E-state index contributed by atoms with van der Waals surface area (Å²) in [7, 11) is 0. The van der Waals surface area contributed by atoms with Crippen molar-refractivity contribution >= 4 is 11.7 Å². The minimum atomic E-state index is -5.01. The van der Waals surface area contributed by atoms with E-state index in [2.05, 4.69) is 15.0 Å². The number of aromatic nitrogens is 1. The molecule has 0 radical (unpaired) electrons. The van der Waals surface area contributed by atoms with Gasteiger partial charge in [-0.3, -0.25) is 0 Å². The quantitative estimate of drug-likeness (QED) is 0.346. The van der Waals surface area contributed by atoms with Gasteiger partial charge < -0.3 is 14.7 Å². The lowest BCUT2D eigenvalue weighted by Gasteiger charge is -2.17. The molecule has 1 aromatic heterocycles. The highest BCUT2D eigenvalue weighted by Crippen LogP contribution is 2.41. The zero-order chi connectivity index (χ0) is 26.2. The fourth-order valence-corrected chi connectivity index (χ4v) is 3.90. The molecule has 0 amide bonds. The molecule has 36 heavy (non-hydrogen) atoms. The van der Waals surface area contributed by atoms with E-state index in [0.717, 1.165) is 18.2 Å². The molecule has 6 nitrogen and oxygen atoms in total. The number of hydrogen-bond acceptors (Lipinski definition) is 6. The maximum Gasteiger partial charge on any atom is 0.419 e. The second kappa shape index (κ2) is 9.56. The first-order chi connectivity index (χ1) is 17.0. The van der Waals surface area contributed by atoms with Crippen LogP contribution >= 0.6 is 0 Å². The number of aromatic hydroxyl groups is 1. The molecule has 0 spiro atoms. The number of rotatable bonds is 6. The summed E-state index contributed by atoms with van der Waals surface area (Å²) >= 11 is 0. The normalized spacial score (nSPS) is 13.5. The monoisotopic (exact) mass is 506 g/mol. The van der Waals surface area contributed by atoms with E-state index >= 15 is 4.39 Å². The van der Waals surface area contributed by atoms with E-state index in [4.69, 9.17) is 4.74 Å². The van der Waals surface area contributed by atoms with Crippen LogP contribution in [-0.4, -0.2) is 28.4 Å². The Morgan fingerprint density at radius 1 is 1.14 bits per heavy atom. The Labute approximate surface area is 202 Å². The lowest BCUT2D eigenvalue weighted by molar-refractivity contribution is -0.140. The number of ether oxygens (including phenoxy) is 1. The molecule has 0 unspecified atom stereocenters. The third-order valence-corrected chi connectivity index (χ3v) is 5.68. The molecule has 2 heterocycles. The number of pyridine rings is 1. The average molecular weight is 506 g/mol. The smallest absolute Gasteiger partial charge is 0.419 e. The first kappa shape index (κ1) is 25.1. The first-order valence-corrected chi connectivity index (χ1v) is 10.7. The van der Waals surface area contributed by atoms with Crippen LogP contribution in [0.1, 0.15) is 34.4 Å². The van der Waals surface area contributed by atoms with Gasteiger partial charge in [0.1, 0.15) is 35.1 Å². The molecule has 0 saturated heterocycles.